The van der Waals surface area contributed by atoms with E-state index in [9.17, 15) is 4.79 Å². The van der Waals surface area contributed by atoms with Gasteiger partial charge in [-0.2, -0.15) is 0 Å². The van der Waals surface area contributed by atoms with Gasteiger partial charge in [0.05, 0.1) is 12.6 Å². The number of anilines is 1. The average Bonchev–Trinajstić information content (AvgIpc) is 2.69. The molecule has 1 amide bonds. The van der Waals surface area contributed by atoms with Crippen LogP contribution in [0.15, 0.2) is 24.3 Å². The fraction of sp³-hybridized carbons (Fsp3) is 0.588. The third-order valence-corrected chi connectivity index (χ3v) is 3.77. The maximum atomic E-state index is 12.5. The summed E-state index contributed by atoms with van der Waals surface area (Å²) < 4.78 is 11.3. The Morgan fingerprint density at radius 1 is 1.48 bits per heavy atom. The van der Waals surface area contributed by atoms with E-state index in [1.165, 1.54) is 0 Å². The molecular weight excluding hydrogens is 316 g/mol. The van der Waals surface area contributed by atoms with Crippen LogP contribution in [0.5, 0.6) is 0 Å². The van der Waals surface area contributed by atoms with Gasteiger partial charge in [-0.15, -0.1) is 0 Å². The zero-order valence-corrected chi connectivity index (χ0v) is 15.1. The molecule has 1 heterocycles. The maximum Gasteiger partial charge on any atom is 0.412 e. The van der Waals surface area contributed by atoms with Crippen LogP contribution < -0.4 is 5.32 Å². The van der Waals surface area contributed by atoms with Crippen LogP contribution in [-0.2, 0) is 9.47 Å². The molecule has 0 saturated carbocycles. The van der Waals surface area contributed by atoms with E-state index in [4.69, 9.17) is 21.1 Å². The summed E-state index contributed by atoms with van der Waals surface area (Å²) in [6.07, 6.45) is -0.363. The van der Waals surface area contributed by atoms with E-state index in [0.717, 1.165) is 5.69 Å². The Morgan fingerprint density at radius 3 is 2.78 bits per heavy atom. The van der Waals surface area contributed by atoms with Gasteiger partial charge in [0.2, 0.25) is 0 Å². The first-order valence-electron chi connectivity index (χ1n) is 7.74. The molecule has 1 aromatic rings. The van der Waals surface area contributed by atoms with Crippen LogP contribution in [0, 0.1) is 0 Å². The zero-order chi connectivity index (χ0) is 17.3. The lowest BCUT2D eigenvalue weighted by atomic mass is 10.2. The third kappa shape index (κ3) is 4.75. The highest BCUT2D eigenvalue weighted by molar-refractivity contribution is 6.30. The number of carbonyl (C=O) groups excluding carboxylic acids is 1. The largest absolute Gasteiger partial charge is 0.444 e. The van der Waals surface area contributed by atoms with Gasteiger partial charge in [-0.1, -0.05) is 17.7 Å². The van der Waals surface area contributed by atoms with Crippen LogP contribution in [0.1, 0.15) is 34.6 Å². The summed E-state index contributed by atoms with van der Waals surface area (Å²) in [4.78, 5) is 14.2. The maximum absolute atomic E-state index is 12.5. The van der Waals surface area contributed by atoms with Crippen LogP contribution >= 0.6 is 11.6 Å². The first-order valence-corrected chi connectivity index (χ1v) is 8.12. The minimum atomic E-state index is -0.691. The summed E-state index contributed by atoms with van der Waals surface area (Å²) in [6, 6.07) is 7.37. The standard InChI is InChI=1S/C17H25ClN2O3/c1-16(2,3)23-15(21)20-14(11-22-17(20,4)5)10-19-13-8-6-7-12(18)9-13/h6-9,14,19H,10-11H2,1-5H3. The van der Waals surface area contributed by atoms with Crippen molar-refractivity contribution >= 4 is 23.4 Å². The first kappa shape index (κ1) is 17.9. The Hall–Kier alpha value is -1.46. The second-order valence-corrected chi connectivity index (χ2v) is 7.59. The predicted molar refractivity (Wildman–Crippen MR) is 91.8 cm³/mol. The Morgan fingerprint density at radius 2 is 2.17 bits per heavy atom. The van der Waals surface area contributed by atoms with E-state index in [0.29, 0.717) is 18.2 Å². The highest BCUT2D eigenvalue weighted by Crippen LogP contribution is 2.29. The van der Waals surface area contributed by atoms with Gasteiger partial charge >= 0.3 is 6.09 Å². The van der Waals surface area contributed by atoms with Gasteiger partial charge in [0.15, 0.2) is 0 Å². The number of benzene rings is 1. The van der Waals surface area contributed by atoms with Crippen LogP contribution in [0.25, 0.3) is 0 Å². The molecule has 0 spiro atoms. The van der Waals surface area contributed by atoms with E-state index >= 15 is 0 Å². The summed E-state index contributed by atoms with van der Waals surface area (Å²) in [5.41, 5.74) is -0.324. The molecule has 1 aliphatic heterocycles. The SMILES string of the molecule is CC(C)(C)OC(=O)N1C(CNc2cccc(Cl)c2)COC1(C)C. The summed E-state index contributed by atoms with van der Waals surface area (Å²) in [5.74, 6) is 0. The molecule has 1 fully saturated rings. The molecule has 0 bridgehead atoms. The number of rotatable bonds is 3. The third-order valence-electron chi connectivity index (χ3n) is 3.53. The van der Waals surface area contributed by atoms with Crippen molar-refractivity contribution in [3.05, 3.63) is 29.3 Å². The Balaban J connectivity index is 2.06. The lowest BCUT2D eigenvalue weighted by molar-refractivity contribution is -0.0620. The molecule has 0 aliphatic carbocycles. The summed E-state index contributed by atoms with van der Waals surface area (Å²) in [5, 5.41) is 3.97. The number of nitrogens with one attached hydrogen (secondary N) is 1. The van der Waals surface area contributed by atoms with Gasteiger partial charge < -0.3 is 14.8 Å². The number of carbonyl (C=O) groups is 1. The van der Waals surface area contributed by atoms with E-state index in [1.54, 1.807) is 4.90 Å². The molecule has 1 N–H and O–H groups in total. The van der Waals surface area contributed by atoms with Gasteiger partial charge in [-0.25, -0.2) is 4.79 Å². The Bertz CT molecular complexity index is 569. The number of nitrogens with zero attached hydrogens (tertiary/aromatic N) is 1. The Labute approximate surface area is 142 Å². The molecule has 128 valence electrons. The minimum Gasteiger partial charge on any atom is -0.444 e. The van der Waals surface area contributed by atoms with Crippen molar-refractivity contribution in [1.82, 2.24) is 4.90 Å². The molecule has 2 rings (SSSR count). The summed E-state index contributed by atoms with van der Waals surface area (Å²) in [6.45, 7) is 10.3. The average molecular weight is 341 g/mol. The van der Waals surface area contributed by atoms with Crippen molar-refractivity contribution in [2.24, 2.45) is 0 Å². The van der Waals surface area contributed by atoms with Crippen molar-refractivity contribution < 1.29 is 14.3 Å². The molecule has 0 radical (unpaired) electrons. The van der Waals surface area contributed by atoms with E-state index in [-0.39, 0.29) is 12.1 Å². The predicted octanol–water partition coefficient (Wildman–Crippen LogP) is 4.12. The molecule has 6 heteroatoms. The molecule has 1 saturated heterocycles. The fourth-order valence-corrected chi connectivity index (χ4v) is 2.74. The topological polar surface area (TPSA) is 50.8 Å². The number of amides is 1. The second-order valence-electron chi connectivity index (χ2n) is 7.15. The molecule has 5 nitrogen and oxygen atoms in total. The van der Waals surface area contributed by atoms with Crippen LogP contribution in [0.4, 0.5) is 10.5 Å². The molecule has 1 aromatic carbocycles. The highest BCUT2D eigenvalue weighted by Gasteiger charge is 2.45. The number of hydrogen-bond donors (Lipinski definition) is 1. The molecule has 0 aromatic heterocycles. The normalized spacial score (nSPS) is 20.4. The highest BCUT2D eigenvalue weighted by atomic mass is 35.5. The van der Waals surface area contributed by atoms with E-state index in [2.05, 4.69) is 5.32 Å². The number of halogens is 1. The van der Waals surface area contributed by atoms with Gasteiger partial charge in [-0.05, 0) is 52.8 Å². The first-order chi connectivity index (χ1) is 10.6. The Kier molecular flexibility index (Phi) is 5.11. The van der Waals surface area contributed by atoms with Crippen LogP contribution in [-0.4, -0.2) is 41.5 Å². The lowest BCUT2D eigenvalue weighted by Crippen LogP contribution is -2.51. The molecular formula is C17H25ClN2O3. The quantitative estimate of drug-likeness (QED) is 0.899. The van der Waals surface area contributed by atoms with Crippen molar-refractivity contribution in [3.8, 4) is 0 Å². The van der Waals surface area contributed by atoms with E-state index in [1.807, 2.05) is 58.9 Å². The van der Waals surface area contributed by atoms with Crippen molar-refractivity contribution in [3.63, 3.8) is 0 Å². The number of ether oxygens (including phenoxy) is 2. The summed E-state index contributed by atoms with van der Waals surface area (Å²) >= 11 is 5.99. The molecule has 1 aliphatic rings. The monoisotopic (exact) mass is 340 g/mol. The van der Waals surface area contributed by atoms with Gasteiger partial charge in [0, 0.05) is 17.3 Å². The van der Waals surface area contributed by atoms with Crippen LogP contribution in [0.2, 0.25) is 5.02 Å². The fourth-order valence-electron chi connectivity index (χ4n) is 2.55. The van der Waals surface area contributed by atoms with Crippen molar-refractivity contribution in [2.75, 3.05) is 18.5 Å². The molecule has 1 atom stereocenters. The second kappa shape index (κ2) is 6.57. The van der Waals surface area contributed by atoms with Gasteiger partial charge in [-0.3, -0.25) is 4.90 Å². The van der Waals surface area contributed by atoms with Crippen LogP contribution in [0.3, 0.4) is 0 Å². The van der Waals surface area contributed by atoms with Crippen molar-refractivity contribution in [2.45, 2.75) is 52.0 Å². The van der Waals surface area contributed by atoms with Gasteiger partial charge in [0.25, 0.3) is 0 Å². The van der Waals surface area contributed by atoms with Crippen molar-refractivity contribution in [1.29, 1.82) is 0 Å². The minimum absolute atomic E-state index is 0.112. The molecule has 23 heavy (non-hydrogen) atoms. The zero-order valence-electron chi connectivity index (χ0n) is 14.4. The number of hydrogen-bond acceptors (Lipinski definition) is 4. The summed E-state index contributed by atoms with van der Waals surface area (Å²) in [7, 11) is 0. The van der Waals surface area contributed by atoms with E-state index < -0.39 is 11.3 Å². The smallest absolute Gasteiger partial charge is 0.412 e. The molecule has 1 unspecified atom stereocenters. The van der Waals surface area contributed by atoms with Gasteiger partial charge in [0.1, 0.15) is 11.3 Å². The lowest BCUT2D eigenvalue weighted by Gasteiger charge is -2.35.